The molecule has 1 aliphatic carbocycles. The van der Waals surface area contributed by atoms with Gasteiger partial charge in [0.1, 0.15) is 0 Å². The van der Waals surface area contributed by atoms with Gasteiger partial charge in [-0.25, -0.2) is 0 Å². The van der Waals surface area contributed by atoms with Gasteiger partial charge in [0.25, 0.3) is 0 Å². The lowest BCUT2D eigenvalue weighted by molar-refractivity contribution is -0.125. The van der Waals surface area contributed by atoms with E-state index in [-0.39, 0.29) is 5.92 Å². The lowest BCUT2D eigenvalue weighted by Gasteiger charge is -2.27. The number of amides is 1. The summed E-state index contributed by atoms with van der Waals surface area (Å²) in [6.45, 7) is 2.79. The number of hydrogen-bond donors (Lipinski definition) is 1. The summed E-state index contributed by atoms with van der Waals surface area (Å²) in [6, 6.07) is 0. The Morgan fingerprint density at radius 1 is 1.30 bits per heavy atom. The van der Waals surface area contributed by atoms with Gasteiger partial charge < -0.3 is 5.32 Å². The summed E-state index contributed by atoms with van der Waals surface area (Å²) in [4.78, 5) is 12.2. The maximum atomic E-state index is 12.2. The van der Waals surface area contributed by atoms with Crippen molar-refractivity contribution >= 4 is 51.1 Å². The molecule has 1 fully saturated rings. The Bertz CT molecular complexity index is 273. The summed E-state index contributed by atoms with van der Waals surface area (Å²) < 4.78 is 2.06. The molecule has 0 aliphatic heterocycles. The molecule has 118 valence electrons. The zero-order valence-corrected chi connectivity index (χ0v) is 17.0. The van der Waals surface area contributed by atoms with E-state index >= 15 is 0 Å². The molecule has 1 saturated carbocycles. The van der Waals surface area contributed by atoms with E-state index in [0.29, 0.717) is 5.91 Å². The van der Waals surface area contributed by atoms with Gasteiger partial charge in [0.2, 0.25) is 5.91 Å². The SMILES string of the molecule is CCNC(=O)C1CCCCCC(CC(I)CCCI)C1. The molecule has 0 bridgehead atoms. The van der Waals surface area contributed by atoms with Crippen LogP contribution in [0.25, 0.3) is 0 Å². The van der Waals surface area contributed by atoms with Crippen LogP contribution in [0, 0.1) is 11.8 Å². The Morgan fingerprint density at radius 2 is 2.05 bits per heavy atom. The van der Waals surface area contributed by atoms with Crippen LogP contribution in [-0.4, -0.2) is 20.8 Å². The van der Waals surface area contributed by atoms with E-state index in [1.165, 1.54) is 49.4 Å². The Morgan fingerprint density at radius 3 is 2.75 bits per heavy atom. The third-order valence-electron chi connectivity index (χ3n) is 4.24. The molecular weight excluding hydrogens is 476 g/mol. The molecule has 1 amide bonds. The van der Waals surface area contributed by atoms with E-state index in [0.717, 1.165) is 29.2 Å². The number of carbonyl (C=O) groups is 1. The highest BCUT2D eigenvalue weighted by molar-refractivity contribution is 14.1. The molecule has 2 nitrogen and oxygen atoms in total. The lowest BCUT2D eigenvalue weighted by atomic mass is 9.81. The van der Waals surface area contributed by atoms with Crippen molar-refractivity contribution in [3.05, 3.63) is 0 Å². The molecule has 0 radical (unpaired) electrons. The molecule has 0 spiro atoms. The van der Waals surface area contributed by atoms with Crippen molar-refractivity contribution in [1.82, 2.24) is 5.32 Å². The first kappa shape index (κ1) is 19.0. The van der Waals surface area contributed by atoms with Crippen LogP contribution in [0.3, 0.4) is 0 Å². The Balaban J connectivity index is 2.47. The average Bonchev–Trinajstić information content (AvgIpc) is 2.39. The maximum absolute atomic E-state index is 12.2. The number of halogens is 2. The van der Waals surface area contributed by atoms with E-state index in [1.807, 2.05) is 6.92 Å². The summed E-state index contributed by atoms with van der Waals surface area (Å²) in [5.74, 6) is 1.34. The van der Waals surface area contributed by atoms with Crippen molar-refractivity contribution in [2.75, 3.05) is 11.0 Å². The standard InChI is InChI=1S/C16H29I2NO/c1-2-19-16(20)14-8-5-3-4-7-13(11-14)12-15(18)9-6-10-17/h13-15H,2-12H2,1H3,(H,19,20). The first-order valence-corrected chi connectivity index (χ1v) is 10.9. The fraction of sp³-hybridized carbons (Fsp3) is 0.938. The zero-order chi connectivity index (χ0) is 14.8. The summed E-state index contributed by atoms with van der Waals surface area (Å²) in [5, 5.41) is 3.03. The normalized spacial score (nSPS) is 25.6. The highest BCUT2D eigenvalue weighted by Gasteiger charge is 2.25. The molecule has 1 rings (SSSR count). The molecule has 20 heavy (non-hydrogen) atoms. The second-order valence-corrected chi connectivity index (χ2v) is 8.84. The second-order valence-electron chi connectivity index (χ2n) is 6.00. The van der Waals surface area contributed by atoms with Crippen LogP contribution in [0.2, 0.25) is 0 Å². The topological polar surface area (TPSA) is 29.1 Å². The quantitative estimate of drug-likeness (QED) is 0.378. The van der Waals surface area contributed by atoms with Crippen molar-refractivity contribution in [2.24, 2.45) is 11.8 Å². The summed E-state index contributed by atoms with van der Waals surface area (Å²) in [6.07, 6.45) is 11.4. The fourth-order valence-corrected chi connectivity index (χ4v) is 4.79. The summed E-state index contributed by atoms with van der Waals surface area (Å²) in [5.41, 5.74) is 0. The predicted octanol–water partition coefficient (Wildman–Crippen LogP) is 5.12. The van der Waals surface area contributed by atoms with E-state index in [2.05, 4.69) is 50.5 Å². The summed E-state index contributed by atoms with van der Waals surface area (Å²) in [7, 11) is 0. The molecule has 0 aromatic heterocycles. The average molecular weight is 505 g/mol. The van der Waals surface area contributed by atoms with Crippen LogP contribution < -0.4 is 5.32 Å². The van der Waals surface area contributed by atoms with Gasteiger partial charge in [-0.1, -0.05) is 70.9 Å². The van der Waals surface area contributed by atoms with Crippen LogP contribution in [0.4, 0.5) is 0 Å². The minimum atomic E-state index is 0.272. The molecule has 0 aromatic rings. The largest absolute Gasteiger partial charge is 0.356 e. The lowest BCUT2D eigenvalue weighted by Crippen LogP contribution is -2.32. The Hall–Kier alpha value is 0.930. The number of hydrogen-bond acceptors (Lipinski definition) is 1. The molecule has 3 atom stereocenters. The van der Waals surface area contributed by atoms with E-state index in [4.69, 9.17) is 0 Å². The Kier molecular flexibility index (Phi) is 10.9. The van der Waals surface area contributed by atoms with Gasteiger partial charge in [0.05, 0.1) is 0 Å². The maximum Gasteiger partial charge on any atom is 0.223 e. The zero-order valence-electron chi connectivity index (χ0n) is 12.7. The number of rotatable bonds is 7. The Labute approximate surface area is 151 Å². The van der Waals surface area contributed by atoms with E-state index < -0.39 is 0 Å². The first-order chi connectivity index (χ1) is 9.67. The van der Waals surface area contributed by atoms with Gasteiger partial charge in [-0.2, -0.15) is 0 Å². The minimum Gasteiger partial charge on any atom is -0.356 e. The van der Waals surface area contributed by atoms with Crippen molar-refractivity contribution in [2.45, 2.75) is 68.6 Å². The summed E-state index contributed by atoms with van der Waals surface area (Å²) >= 11 is 5.09. The van der Waals surface area contributed by atoms with Gasteiger partial charge in [-0.15, -0.1) is 0 Å². The molecule has 0 aromatic carbocycles. The molecule has 1 N–H and O–H groups in total. The van der Waals surface area contributed by atoms with Crippen molar-refractivity contribution in [1.29, 1.82) is 0 Å². The van der Waals surface area contributed by atoms with E-state index in [1.54, 1.807) is 0 Å². The van der Waals surface area contributed by atoms with Crippen LogP contribution >= 0.6 is 45.2 Å². The molecular formula is C16H29I2NO. The monoisotopic (exact) mass is 505 g/mol. The fourth-order valence-electron chi connectivity index (χ4n) is 3.19. The highest BCUT2D eigenvalue weighted by Crippen LogP contribution is 2.32. The third kappa shape index (κ3) is 7.80. The number of carbonyl (C=O) groups excluding carboxylic acids is 1. The van der Waals surface area contributed by atoms with Gasteiger partial charge in [0.15, 0.2) is 0 Å². The van der Waals surface area contributed by atoms with Crippen molar-refractivity contribution in [3.63, 3.8) is 0 Å². The van der Waals surface area contributed by atoms with Gasteiger partial charge in [0, 0.05) is 16.4 Å². The van der Waals surface area contributed by atoms with Crippen molar-refractivity contribution < 1.29 is 4.79 Å². The van der Waals surface area contributed by atoms with Crippen molar-refractivity contribution in [3.8, 4) is 0 Å². The van der Waals surface area contributed by atoms with Gasteiger partial charge in [-0.05, 0) is 49.4 Å². The molecule has 4 heteroatoms. The number of nitrogens with one attached hydrogen (secondary N) is 1. The molecule has 0 saturated heterocycles. The van der Waals surface area contributed by atoms with Crippen LogP contribution in [0.5, 0.6) is 0 Å². The molecule has 3 unspecified atom stereocenters. The first-order valence-electron chi connectivity index (χ1n) is 8.15. The molecule has 1 aliphatic rings. The minimum absolute atomic E-state index is 0.272. The second kappa shape index (κ2) is 11.5. The van der Waals surface area contributed by atoms with Crippen LogP contribution in [-0.2, 0) is 4.79 Å². The van der Waals surface area contributed by atoms with Gasteiger partial charge in [-0.3, -0.25) is 4.79 Å². The molecule has 0 heterocycles. The van der Waals surface area contributed by atoms with E-state index in [9.17, 15) is 4.79 Å². The van der Waals surface area contributed by atoms with Crippen LogP contribution in [0.15, 0.2) is 0 Å². The van der Waals surface area contributed by atoms with Gasteiger partial charge >= 0.3 is 0 Å². The predicted molar refractivity (Wildman–Crippen MR) is 104 cm³/mol. The third-order valence-corrected chi connectivity index (χ3v) is 6.14. The number of alkyl halides is 2. The van der Waals surface area contributed by atoms with Crippen LogP contribution in [0.1, 0.15) is 64.7 Å². The smallest absolute Gasteiger partial charge is 0.223 e. The highest BCUT2D eigenvalue weighted by atomic mass is 127.